The number of aliphatic imine (C=N–C) groups is 2. The lowest BCUT2D eigenvalue weighted by Crippen LogP contribution is -2.25. The Morgan fingerprint density at radius 1 is 1.24 bits per heavy atom. The van der Waals surface area contributed by atoms with E-state index >= 15 is 0 Å². The van der Waals surface area contributed by atoms with E-state index in [4.69, 9.17) is 30.8 Å². The van der Waals surface area contributed by atoms with E-state index in [0.717, 1.165) is 18.4 Å². The summed E-state index contributed by atoms with van der Waals surface area (Å²) in [7, 11) is 1.70. The van der Waals surface area contributed by atoms with Gasteiger partial charge in [-0.1, -0.05) is 31.9 Å². The molecular weight excluding hydrogens is 520 g/mol. The molecule has 11 heteroatoms. The van der Waals surface area contributed by atoms with Crippen molar-refractivity contribution in [1.29, 1.82) is 5.26 Å². The molecule has 0 atom stereocenters. The molecule has 0 unspecified atom stereocenters. The summed E-state index contributed by atoms with van der Waals surface area (Å²) in [5.74, 6) is 1.32. The lowest BCUT2D eigenvalue weighted by molar-refractivity contribution is 0.00505. The molecule has 1 aliphatic rings. The zero-order valence-electron chi connectivity index (χ0n) is 24.3. The van der Waals surface area contributed by atoms with E-state index in [9.17, 15) is 5.26 Å². The van der Waals surface area contributed by atoms with Crippen molar-refractivity contribution in [3.05, 3.63) is 54.1 Å². The highest BCUT2D eigenvalue weighted by Crippen LogP contribution is 2.33. The van der Waals surface area contributed by atoms with Crippen LogP contribution in [0, 0.1) is 11.3 Å². The Kier molecular flexibility index (Phi) is 11.8. The zero-order valence-corrected chi connectivity index (χ0v) is 24.3. The monoisotopic (exact) mass is 562 g/mol. The van der Waals surface area contributed by atoms with Crippen molar-refractivity contribution in [3.8, 4) is 17.7 Å². The van der Waals surface area contributed by atoms with E-state index in [-0.39, 0.29) is 12.2 Å². The first-order valence-electron chi connectivity index (χ1n) is 13.9. The van der Waals surface area contributed by atoms with Crippen molar-refractivity contribution >= 4 is 23.8 Å². The zero-order chi connectivity index (χ0) is 29.7. The van der Waals surface area contributed by atoms with Crippen LogP contribution in [0.3, 0.4) is 0 Å². The van der Waals surface area contributed by atoms with Gasteiger partial charge in [-0.2, -0.15) is 5.26 Å². The standard InChI is InChI=1S/C30H42N8O3/c1-22(35-19-25(18-32)23-10-11-24(17-31)28(16-23)40-15-13-34-21-33)36-27-20-38(26-8-6-5-7-9-26)37-29(27)41-14-12-30(2,3)39-4/h10-11,16,18-21,26,36H,1,5-9,12-15,32H2,2-4H3,(H2,33,34)/b25-18+,35-19-. The summed E-state index contributed by atoms with van der Waals surface area (Å²) in [6.45, 7) is 9.23. The van der Waals surface area contributed by atoms with Gasteiger partial charge in [-0.05, 0) is 44.4 Å². The van der Waals surface area contributed by atoms with Gasteiger partial charge < -0.3 is 31.0 Å². The maximum Gasteiger partial charge on any atom is 0.256 e. The van der Waals surface area contributed by atoms with Crippen LogP contribution in [0.2, 0.25) is 0 Å². The van der Waals surface area contributed by atoms with Gasteiger partial charge in [0.15, 0.2) is 0 Å². The number of rotatable bonds is 15. The van der Waals surface area contributed by atoms with Crippen molar-refractivity contribution in [2.75, 3.05) is 32.2 Å². The van der Waals surface area contributed by atoms with E-state index in [1.165, 1.54) is 31.8 Å². The number of nitrogens with zero attached hydrogens (tertiary/aromatic N) is 5. The van der Waals surface area contributed by atoms with Gasteiger partial charge in [-0.15, -0.1) is 5.10 Å². The fraction of sp³-hybridized carbons (Fsp3) is 0.467. The van der Waals surface area contributed by atoms with E-state index in [1.54, 1.807) is 31.5 Å². The van der Waals surface area contributed by atoms with Crippen LogP contribution in [0.25, 0.3) is 5.57 Å². The smallest absolute Gasteiger partial charge is 0.256 e. The van der Waals surface area contributed by atoms with E-state index in [2.05, 4.69) is 27.9 Å². The normalized spacial score (nSPS) is 14.8. The molecule has 1 fully saturated rings. The Morgan fingerprint density at radius 2 is 2.02 bits per heavy atom. The summed E-state index contributed by atoms with van der Waals surface area (Å²) >= 11 is 0. The molecule has 0 saturated heterocycles. The van der Waals surface area contributed by atoms with Crippen molar-refractivity contribution in [2.45, 2.75) is 64.0 Å². The number of nitrogens with two attached hydrogens (primary N) is 2. The van der Waals surface area contributed by atoms with Gasteiger partial charge in [0, 0.05) is 31.5 Å². The van der Waals surface area contributed by atoms with Crippen molar-refractivity contribution < 1.29 is 14.2 Å². The summed E-state index contributed by atoms with van der Waals surface area (Å²) in [6, 6.07) is 7.68. The molecule has 0 radical (unpaired) electrons. The molecule has 1 aliphatic carbocycles. The third-order valence-corrected chi connectivity index (χ3v) is 6.98. The van der Waals surface area contributed by atoms with E-state index < -0.39 is 0 Å². The first-order valence-corrected chi connectivity index (χ1v) is 13.9. The van der Waals surface area contributed by atoms with Crippen LogP contribution in [0.1, 0.15) is 69.5 Å². The minimum atomic E-state index is -0.298. The number of aromatic nitrogens is 2. The topological polar surface area (TPSA) is 158 Å². The maximum atomic E-state index is 9.45. The highest BCUT2D eigenvalue weighted by Gasteiger charge is 2.21. The first kappa shape index (κ1) is 31.2. The Morgan fingerprint density at radius 3 is 2.71 bits per heavy atom. The molecule has 0 spiro atoms. The Bertz CT molecular complexity index is 1280. The van der Waals surface area contributed by atoms with Crippen LogP contribution in [-0.4, -0.2) is 54.8 Å². The van der Waals surface area contributed by atoms with Gasteiger partial charge in [-0.3, -0.25) is 9.67 Å². The number of hydrogen-bond acceptors (Lipinski definition) is 9. The third-order valence-electron chi connectivity index (χ3n) is 6.98. The summed E-state index contributed by atoms with van der Waals surface area (Å²) in [6.07, 6.45) is 12.8. The van der Waals surface area contributed by atoms with Crippen LogP contribution in [0.5, 0.6) is 11.6 Å². The lowest BCUT2D eigenvalue weighted by atomic mass is 9.96. The Hall–Kier alpha value is -4.30. The number of ether oxygens (including phenoxy) is 3. The summed E-state index contributed by atoms with van der Waals surface area (Å²) in [4.78, 5) is 8.41. The number of nitrogens with one attached hydrogen (secondary N) is 1. The number of allylic oxidation sites excluding steroid dienone is 1. The average Bonchev–Trinajstić information content (AvgIpc) is 3.38. The third kappa shape index (κ3) is 9.39. The second kappa shape index (κ2) is 15.5. The van der Waals surface area contributed by atoms with Gasteiger partial charge in [-0.25, -0.2) is 4.99 Å². The lowest BCUT2D eigenvalue weighted by Gasteiger charge is -2.22. The quantitative estimate of drug-likeness (QED) is 0.159. The van der Waals surface area contributed by atoms with Crippen molar-refractivity contribution in [3.63, 3.8) is 0 Å². The molecule has 1 saturated carbocycles. The molecule has 0 amide bonds. The number of benzene rings is 1. The molecule has 41 heavy (non-hydrogen) atoms. The minimum Gasteiger partial charge on any atom is -0.490 e. The summed E-state index contributed by atoms with van der Waals surface area (Å²) in [5.41, 5.74) is 13.4. The van der Waals surface area contributed by atoms with Crippen LogP contribution >= 0.6 is 0 Å². The first-order chi connectivity index (χ1) is 19.8. The van der Waals surface area contributed by atoms with E-state index in [0.29, 0.717) is 59.9 Å². The van der Waals surface area contributed by atoms with Gasteiger partial charge in [0.1, 0.15) is 29.9 Å². The molecule has 0 aliphatic heterocycles. The summed E-state index contributed by atoms with van der Waals surface area (Å²) < 4.78 is 19.3. The molecule has 1 aromatic heterocycles. The molecule has 5 N–H and O–H groups in total. The molecule has 220 valence electrons. The number of anilines is 1. The molecule has 2 aromatic rings. The van der Waals surface area contributed by atoms with Gasteiger partial charge in [0.25, 0.3) is 5.88 Å². The molecule has 1 aromatic carbocycles. The second-order valence-corrected chi connectivity index (χ2v) is 10.4. The number of methoxy groups -OCH3 is 1. The highest BCUT2D eigenvalue weighted by atomic mass is 16.5. The Labute approximate surface area is 242 Å². The van der Waals surface area contributed by atoms with Crippen LogP contribution in [0.15, 0.2) is 53.0 Å². The average molecular weight is 563 g/mol. The fourth-order valence-corrected chi connectivity index (χ4v) is 4.34. The molecule has 11 nitrogen and oxygen atoms in total. The maximum absolute atomic E-state index is 9.45. The molecular formula is C30H42N8O3. The van der Waals surface area contributed by atoms with E-state index in [1.807, 2.05) is 24.7 Å². The predicted octanol–water partition coefficient (Wildman–Crippen LogP) is 4.77. The Balaban J connectivity index is 1.74. The molecule has 3 rings (SSSR count). The molecule has 0 bridgehead atoms. The van der Waals surface area contributed by atoms with Crippen LogP contribution < -0.4 is 26.3 Å². The molecule has 1 heterocycles. The highest BCUT2D eigenvalue weighted by molar-refractivity contribution is 6.10. The number of hydrogen-bond donors (Lipinski definition) is 3. The second-order valence-electron chi connectivity index (χ2n) is 10.4. The fourth-order valence-electron chi connectivity index (χ4n) is 4.34. The largest absolute Gasteiger partial charge is 0.490 e. The minimum absolute atomic E-state index is 0.282. The predicted molar refractivity (Wildman–Crippen MR) is 163 cm³/mol. The summed E-state index contributed by atoms with van der Waals surface area (Å²) in [5, 5.41) is 17.5. The van der Waals surface area contributed by atoms with Crippen LogP contribution in [-0.2, 0) is 4.74 Å². The van der Waals surface area contributed by atoms with Crippen LogP contribution in [0.4, 0.5) is 5.69 Å². The van der Waals surface area contributed by atoms with Gasteiger partial charge in [0.2, 0.25) is 0 Å². The van der Waals surface area contributed by atoms with Crippen molar-refractivity contribution in [1.82, 2.24) is 9.78 Å². The number of nitriles is 1. The van der Waals surface area contributed by atoms with Gasteiger partial charge in [0.05, 0.1) is 42.9 Å². The van der Waals surface area contributed by atoms with Crippen molar-refractivity contribution in [2.24, 2.45) is 21.5 Å². The SMILES string of the molecule is C=C(/N=C\C(=C/N)c1ccc(C#N)c(OCCN=CN)c1)Nc1cn(C2CCCCC2)nc1OCCC(C)(C)OC. The van der Waals surface area contributed by atoms with Gasteiger partial charge >= 0.3 is 0 Å².